The van der Waals surface area contributed by atoms with E-state index in [1.54, 1.807) is 19.1 Å². The second kappa shape index (κ2) is 9.94. The molecule has 0 amide bonds. The predicted molar refractivity (Wildman–Crippen MR) is 130 cm³/mol. The molecule has 0 unspecified atom stereocenters. The van der Waals surface area contributed by atoms with Crippen LogP contribution in [-0.2, 0) is 14.3 Å². The maximum absolute atomic E-state index is 13.6. The molecular weight excluding hydrogens is 454 g/mol. The summed E-state index contributed by atoms with van der Waals surface area (Å²) in [6, 6.07) is 12.5. The van der Waals surface area contributed by atoms with Gasteiger partial charge in [0.25, 0.3) is 0 Å². The van der Waals surface area contributed by atoms with Gasteiger partial charge in [0.05, 0.1) is 18.8 Å². The van der Waals surface area contributed by atoms with E-state index >= 15 is 0 Å². The topological polar surface area (TPSA) is 84.9 Å². The zero-order valence-corrected chi connectivity index (χ0v) is 20.2. The average molecular weight is 482 g/mol. The van der Waals surface area contributed by atoms with Gasteiger partial charge in [-0.1, -0.05) is 29.8 Å². The summed E-state index contributed by atoms with van der Waals surface area (Å²) >= 11 is 6.05. The smallest absolute Gasteiger partial charge is 0.336 e. The molecule has 4 rings (SSSR count). The Kier molecular flexibility index (Phi) is 6.98. The number of hydrogen-bond donors (Lipinski definition) is 2. The fourth-order valence-electron chi connectivity index (χ4n) is 4.80. The van der Waals surface area contributed by atoms with Crippen molar-refractivity contribution in [2.45, 2.75) is 45.4 Å². The quantitative estimate of drug-likeness (QED) is 0.539. The molecule has 7 heteroatoms. The lowest BCUT2D eigenvalue weighted by atomic mass is 9.71. The molecule has 0 fully saturated rings. The number of nitrogens with one attached hydrogen (secondary N) is 1. The summed E-state index contributed by atoms with van der Waals surface area (Å²) in [5, 5.41) is 14.2. The van der Waals surface area contributed by atoms with E-state index in [-0.39, 0.29) is 24.1 Å². The van der Waals surface area contributed by atoms with Gasteiger partial charge in [-0.2, -0.15) is 0 Å². The average Bonchev–Trinajstić information content (AvgIpc) is 2.80. The Morgan fingerprint density at radius 2 is 1.79 bits per heavy atom. The van der Waals surface area contributed by atoms with Gasteiger partial charge in [-0.15, -0.1) is 0 Å². The second-order valence-electron chi connectivity index (χ2n) is 8.45. The summed E-state index contributed by atoms with van der Waals surface area (Å²) in [5.74, 6) is -0.795. The fraction of sp³-hybridized carbons (Fsp3) is 0.333. The van der Waals surface area contributed by atoms with Gasteiger partial charge in [0.1, 0.15) is 0 Å². The first kappa shape index (κ1) is 23.9. The Balaban J connectivity index is 1.81. The molecule has 0 radical (unpaired) electrons. The number of esters is 1. The van der Waals surface area contributed by atoms with Crippen LogP contribution in [0.15, 0.2) is 65.0 Å². The number of rotatable bonds is 6. The highest BCUT2D eigenvalue weighted by atomic mass is 35.5. The van der Waals surface area contributed by atoms with Crippen molar-refractivity contribution in [2.24, 2.45) is 0 Å². The van der Waals surface area contributed by atoms with Crippen LogP contribution in [-0.4, -0.2) is 30.1 Å². The van der Waals surface area contributed by atoms with E-state index < -0.39 is 11.9 Å². The maximum atomic E-state index is 13.6. The number of carbonyl (C=O) groups is 2. The number of hydrogen-bond acceptors (Lipinski definition) is 6. The molecule has 34 heavy (non-hydrogen) atoms. The van der Waals surface area contributed by atoms with Gasteiger partial charge in [-0.3, -0.25) is 4.79 Å². The molecule has 0 saturated heterocycles. The van der Waals surface area contributed by atoms with E-state index in [0.717, 1.165) is 11.3 Å². The van der Waals surface area contributed by atoms with Crippen LogP contribution >= 0.6 is 11.6 Å². The van der Waals surface area contributed by atoms with Crippen molar-refractivity contribution in [2.75, 3.05) is 13.2 Å². The predicted octanol–water partition coefficient (Wildman–Crippen LogP) is 5.37. The van der Waals surface area contributed by atoms with Gasteiger partial charge in [-0.25, -0.2) is 4.79 Å². The number of aromatic hydroxyl groups is 1. The Hall–Kier alpha value is -3.25. The van der Waals surface area contributed by atoms with Crippen LogP contribution < -0.4 is 10.1 Å². The summed E-state index contributed by atoms with van der Waals surface area (Å²) < 4.78 is 10.9. The normalized spacial score (nSPS) is 20.1. The summed E-state index contributed by atoms with van der Waals surface area (Å²) in [4.78, 5) is 26.6. The monoisotopic (exact) mass is 481 g/mol. The van der Waals surface area contributed by atoms with Crippen molar-refractivity contribution >= 4 is 23.4 Å². The number of phenols is 1. The number of carbonyl (C=O) groups excluding carboxylic acids is 2. The van der Waals surface area contributed by atoms with Gasteiger partial charge in [0.15, 0.2) is 17.3 Å². The first-order valence-electron chi connectivity index (χ1n) is 11.5. The maximum Gasteiger partial charge on any atom is 0.336 e. The van der Waals surface area contributed by atoms with Crippen molar-refractivity contribution in [3.8, 4) is 11.5 Å². The van der Waals surface area contributed by atoms with Crippen molar-refractivity contribution in [3.63, 3.8) is 0 Å². The van der Waals surface area contributed by atoms with Crippen LogP contribution in [0.1, 0.15) is 56.6 Å². The molecule has 2 aliphatic rings. The van der Waals surface area contributed by atoms with Crippen LogP contribution in [0.3, 0.4) is 0 Å². The van der Waals surface area contributed by atoms with E-state index in [0.29, 0.717) is 52.6 Å². The molecule has 0 bridgehead atoms. The molecule has 1 aliphatic carbocycles. The first-order valence-corrected chi connectivity index (χ1v) is 11.8. The highest BCUT2D eigenvalue weighted by molar-refractivity contribution is 6.30. The minimum Gasteiger partial charge on any atom is -0.504 e. The molecule has 0 saturated carbocycles. The molecule has 6 nitrogen and oxygen atoms in total. The highest BCUT2D eigenvalue weighted by Crippen LogP contribution is 2.47. The molecule has 2 aromatic rings. The molecule has 0 aromatic heterocycles. The van der Waals surface area contributed by atoms with E-state index in [2.05, 4.69) is 5.32 Å². The van der Waals surface area contributed by atoms with Crippen LogP contribution in [0.4, 0.5) is 0 Å². The van der Waals surface area contributed by atoms with Crippen LogP contribution in [0.25, 0.3) is 0 Å². The first-order chi connectivity index (χ1) is 16.3. The zero-order valence-electron chi connectivity index (χ0n) is 19.5. The third-order valence-electron chi connectivity index (χ3n) is 6.28. The number of dihydropyridines is 1. The van der Waals surface area contributed by atoms with Crippen molar-refractivity contribution in [1.29, 1.82) is 0 Å². The molecule has 2 aromatic carbocycles. The highest BCUT2D eigenvalue weighted by Gasteiger charge is 2.41. The largest absolute Gasteiger partial charge is 0.504 e. The Labute approximate surface area is 204 Å². The van der Waals surface area contributed by atoms with Gasteiger partial charge < -0.3 is 19.9 Å². The van der Waals surface area contributed by atoms with Crippen LogP contribution in [0, 0.1) is 0 Å². The lowest BCUT2D eigenvalue weighted by Gasteiger charge is -2.36. The Bertz CT molecular complexity index is 1180. The molecule has 178 valence electrons. The minimum absolute atomic E-state index is 0.00453. The molecule has 0 spiro atoms. The van der Waals surface area contributed by atoms with E-state index in [1.165, 1.54) is 6.07 Å². The number of ether oxygens (including phenoxy) is 2. The Morgan fingerprint density at radius 3 is 2.47 bits per heavy atom. The molecule has 2 atom stereocenters. The van der Waals surface area contributed by atoms with Gasteiger partial charge in [-0.05, 0) is 68.5 Å². The van der Waals surface area contributed by atoms with Crippen LogP contribution in [0.5, 0.6) is 11.5 Å². The summed E-state index contributed by atoms with van der Waals surface area (Å²) in [6.45, 7) is 6.00. The number of benzene rings is 2. The van der Waals surface area contributed by atoms with Crippen molar-refractivity contribution in [1.82, 2.24) is 5.32 Å². The fourth-order valence-corrected chi connectivity index (χ4v) is 4.93. The van der Waals surface area contributed by atoms with Gasteiger partial charge in [0.2, 0.25) is 0 Å². The number of halogens is 1. The van der Waals surface area contributed by atoms with Gasteiger partial charge in [0, 0.05) is 34.3 Å². The van der Waals surface area contributed by atoms with E-state index in [4.69, 9.17) is 21.1 Å². The standard InChI is InChI=1S/C27H28ClNO5/c1-4-33-23-14-17(8-11-21(23)30)25-24(27(32)34-5-2)15(3)29-20-12-18(13-22(31)26(20)25)16-6-9-19(28)10-7-16/h6-11,14,18,25,29-30H,4-5,12-13H2,1-3H3/t18-,25-/m1/s1. The third kappa shape index (κ3) is 4.55. The molecule has 1 heterocycles. The lowest BCUT2D eigenvalue weighted by Crippen LogP contribution is -2.36. The lowest BCUT2D eigenvalue weighted by molar-refractivity contribution is -0.138. The van der Waals surface area contributed by atoms with Gasteiger partial charge >= 0.3 is 5.97 Å². The van der Waals surface area contributed by atoms with E-state index in [9.17, 15) is 14.7 Å². The van der Waals surface area contributed by atoms with Crippen LogP contribution in [0.2, 0.25) is 5.02 Å². The number of ketones is 1. The molecular formula is C27H28ClNO5. The summed E-state index contributed by atoms with van der Waals surface area (Å²) in [5.41, 5.74) is 4.15. The zero-order chi connectivity index (χ0) is 24.4. The number of Topliss-reactive ketones (excluding diaryl/α,β-unsaturated/α-hetero) is 1. The van der Waals surface area contributed by atoms with Crippen molar-refractivity contribution < 1.29 is 24.2 Å². The van der Waals surface area contributed by atoms with E-state index in [1.807, 2.05) is 38.1 Å². The number of phenolic OH excluding ortho intramolecular Hbond substituents is 1. The third-order valence-corrected chi connectivity index (χ3v) is 6.53. The molecule has 1 aliphatic heterocycles. The minimum atomic E-state index is -0.617. The number of allylic oxidation sites excluding steroid dienone is 3. The Morgan fingerprint density at radius 1 is 1.09 bits per heavy atom. The summed E-state index contributed by atoms with van der Waals surface area (Å²) in [7, 11) is 0. The summed E-state index contributed by atoms with van der Waals surface area (Å²) in [6.07, 6.45) is 0.952. The van der Waals surface area contributed by atoms with Crippen molar-refractivity contribution in [3.05, 3.63) is 81.2 Å². The SMILES string of the molecule is CCOC(=O)C1=C(C)NC2=C(C(=O)C[C@H](c3ccc(Cl)cc3)C2)[C@@H]1c1ccc(O)c(OCC)c1. The molecule has 2 N–H and O–H groups in total. The second-order valence-corrected chi connectivity index (χ2v) is 8.89.